The summed E-state index contributed by atoms with van der Waals surface area (Å²) in [5.41, 5.74) is 1.14. The van der Waals surface area contributed by atoms with Crippen LogP contribution < -0.4 is 15.4 Å². The lowest BCUT2D eigenvalue weighted by atomic mass is 9.79. The average Bonchev–Trinajstić information content (AvgIpc) is 2.68. The van der Waals surface area contributed by atoms with E-state index in [9.17, 15) is 5.11 Å². The molecule has 0 atom stereocenters. The molecule has 1 aromatic rings. The highest BCUT2D eigenvalue weighted by molar-refractivity contribution is 5.79. The van der Waals surface area contributed by atoms with E-state index in [1.165, 1.54) is 0 Å². The van der Waals surface area contributed by atoms with E-state index in [-0.39, 0.29) is 12.0 Å². The van der Waals surface area contributed by atoms with Crippen LogP contribution in [0.25, 0.3) is 0 Å². The van der Waals surface area contributed by atoms with Gasteiger partial charge in [-0.25, -0.2) is 9.98 Å². The van der Waals surface area contributed by atoms with E-state index in [0.717, 1.165) is 50.3 Å². The minimum absolute atomic E-state index is 0.102. The van der Waals surface area contributed by atoms with Crippen molar-refractivity contribution in [2.75, 3.05) is 26.3 Å². The van der Waals surface area contributed by atoms with Gasteiger partial charge in [0.25, 0.3) is 0 Å². The molecule has 0 spiro atoms. The van der Waals surface area contributed by atoms with Gasteiger partial charge in [0.2, 0.25) is 5.88 Å². The quantitative estimate of drug-likeness (QED) is 0.392. The Labute approximate surface area is 158 Å². The van der Waals surface area contributed by atoms with Gasteiger partial charge in [-0.3, -0.25) is 0 Å². The number of ether oxygens (including phenoxy) is 1. The first-order chi connectivity index (χ1) is 12.6. The molecule has 0 aliphatic carbocycles. The summed E-state index contributed by atoms with van der Waals surface area (Å²) in [6.45, 7) is 11.6. The number of aromatic nitrogens is 1. The zero-order valence-corrected chi connectivity index (χ0v) is 16.8. The Morgan fingerprint density at radius 2 is 1.96 bits per heavy atom. The van der Waals surface area contributed by atoms with Gasteiger partial charge in [0.1, 0.15) is 0 Å². The number of nitrogens with zero attached hydrogens (tertiary/aromatic N) is 2. The van der Waals surface area contributed by atoms with E-state index < -0.39 is 0 Å². The zero-order valence-electron chi connectivity index (χ0n) is 16.8. The molecule has 0 aromatic carbocycles. The summed E-state index contributed by atoms with van der Waals surface area (Å²) in [5.74, 6) is 1.45. The average molecular weight is 365 g/mol. The molecule has 0 unspecified atom stereocenters. The van der Waals surface area contributed by atoms with Crippen molar-refractivity contribution in [2.45, 2.75) is 59.9 Å². The smallest absolute Gasteiger partial charge is 0.213 e. The normalized spacial score (nSPS) is 12.1. The van der Waals surface area contributed by atoms with Crippen LogP contribution in [0.1, 0.15) is 58.9 Å². The van der Waals surface area contributed by atoms with Crippen molar-refractivity contribution in [3.8, 4) is 5.88 Å². The second-order valence-corrected chi connectivity index (χ2v) is 6.58. The van der Waals surface area contributed by atoms with Gasteiger partial charge >= 0.3 is 0 Å². The fourth-order valence-corrected chi connectivity index (χ4v) is 2.76. The number of hydrogen-bond donors (Lipinski definition) is 3. The Kier molecular flexibility index (Phi) is 10.7. The van der Waals surface area contributed by atoms with Gasteiger partial charge < -0.3 is 20.5 Å². The van der Waals surface area contributed by atoms with Crippen LogP contribution in [0.4, 0.5) is 0 Å². The molecule has 148 valence electrons. The predicted molar refractivity (Wildman–Crippen MR) is 108 cm³/mol. The number of aliphatic hydroxyl groups excluding tert-OH is 1. The van der Waals surface area contributed by atoms with Gasteiger partial charge in [-0.1, -0.05) is 26.8 Å². The topological polar surface area (TPSA) is 78.8 Å². The van der Waals surface area contributed by atoms with Crippen LogP contribution in [0.3, 0.4) is 0 Å². The van der Waals surface area contributed by atoms with Crippen molar-refractivity contribution in [1.82, 2.24) is 15.6 Å². The number of rotatable bonds is 12. The third kappa shape index (κ3) is 7.60. The maximum absolute atomic E-state index is 9.37. The van der Waals surface area contributed by atoms with E-state index in [2.05, 4.69) is 48.3 Å². The van der Waals surface area contributed by atoms with Gasteiger partial charge in [0, 0.05) is 32.0 Å². The molecule has 0 radical (unpaired) electrons. The van der Waals surface area contributed by atoms with Gasteiger partial charge in [0.05, 0.1) is 13.2 Å². The second-order valence-electron chi connectivity index (χ2n) is 6.58. The molecule has 0 amide bonds. The van der Waals surface area contributed by atoms with Crippen LogP contribution in [-0.4, -0.2) is 42.4 Å². The number of aliphatic hydroxyl groups is 1. The summed E-state index contributed by atoms with van der Waals surface area (Å²) in [4.78, 5) is 8.97. The van der Waals surface area contributed by atoms with E-state index in [1.807, 2.05) is 18.3 Å². The minimum Gasteiger partial charge on any atom is -0.478 e. The fraction of sp³-hybridized carbons (Fsp3) is 0.700. The molecule has 3 N–H and O–H groups in total. The molecule has 1 aromatic heterocycles. The van der Waals surface area contributed by atoms with E-state index in [0.29, 0.717) is 19.0 Å². The minimum atomic E-state index is 0.102. The molecule has 6 nitrogen and oxygen atoms in total. The highest BCUT2D eigenvalue weighted by Gasteiger charge is 2.25. The van der Waals surface area contributed by atoms with Gasteiger partial charge in [-0.05, 0) is 43.6 Å². The van der Waals surface area contributed by atoms with E-state index in [1.54, 1.807) is 0 Å². The fourth-order valence-electron chi connectivity index (χ4n) is 2.76. The molecule has 0 aliphatic rings. The number of nitrogens with one attached hydrogen (secondary N) is 2. The van der Waals surface area contributed by atoms with Crippen molar-refractivity contribution in [3.05, 3.63) is 23.9 Å². The number of pyridine rings is 1. The number of aliphatic imine (C=N–C) groups is 1. The molecule has 1 heterocycles. The van der Waals surface area contributed by atoms with Crippen LogP contribution >= 0.6 is 0 Å². The van der Waals surface area contributed by atoms with Gasteiger partial charge in [-0.15, -0.1) is 0 Å². The first-order valence-corrected chi connectivity index (χ1v) is 9.83. The third-order valence-electron chi connectivity index (χ3n) is 4.79. The summed E-state index contributed by atoms with van der Waals surface area (Å²) >= 11 is 0. The highest BCUT2D eigenvalue weighted by atomic mass is 16.5. The van der Waals surface area contributed by atoms with Gasteiger partial charge in [-0.2, -0.15) is 0 Å². The summed E-state index contributed by atoms with van der Waals surface area (Å²) in [5, 5.41) is 16.1. The zero-order chi connectivity index (χ0) is 19.3. The van der Waals surface area contributed by atoms with Crippen LogP contribution in [-0.2, 0) is 6.54 Å². The van der Waals surface area contributed by atoms with Gasteiger partial charge in [0.15, 0.2) is 5.96 Å². The third-order valence-corrected chi connectivity index (χ3v) is 4.79. The number of hydrogen-bond acceptors (Lipinski definition) is 4. The summed E-state index contributed by atoms with van der Waals surface area (Å²) in [6.07, 6.45) is 5.64. The Balaban J connectivity index is 2.67. The maximum atomic E-state index is 9.37. The van der Waals surface area contributed by atoms with E-state index in [4.69, 9.17) is 4.74 Å². The molecular weight excluding hydrogens is 328 g/mol. The second kappa shape index (κ2) is 12.5. The molecule has 1 rings (SSSR count). The van der Waals surface area contributed by atoms with Crippen molar-refractivity contribution in [1.29, 1.82) is 0 Å². The Hall–Kier alpha value is -1.82. The Morgan fingerprint density at radius 1 is 1.19 bits per heavy atom. The lowest BCUT2D eigenvalue weighted by Gasteiger charge is -2.32. The standard InChI is InChI=1S/C20H36N4O2/c1-5-13-26-18-10-9-17(14-22-18)15-23-19(21-8-4)24-16-20(6-2,7-3)11-12-25/h9-10,14,25H,5-8,11-13,15-16H2,1-4H3,(H2,21,23,24). The molecule has 0 saturated carbocycles. The van der Waals surface area contributed by atoms with Crippen LogP contribution in [0.15, 0.2) is 23.3 Å². The summed E-state index contributed by atoms with van der Waals surface area (Å²) < 4.78 is 5.51. The van der Waals surface area contributed by atoms with Crippen molar-refractivity contribution in [3.63, 3.8) is 0 Å². The van der Waals surface area contributed by atoms with Crippen LogP contribution in [0.2, 0.25) is 0 Å². The van der Waals surface area contributed by atoms with Crippen molar-refractivity contribution >= 4 is 5.96 Å². The lowest BCUT2D eigenvalue weighted by Crippen LogP contribution is -2.43. The molecule has 0 saturated heterocycles. The molecule has 0 aliphatic heterocycles. The first kappa shape index (κ1) is 22.2. The Bertz CT molecular complexity index is 513. The predicted octanol–water partition coefficient (Wildman–Crippen LogP) is 3.11. The van der Waals surface area contributed by atoms with Crippen LogP contribution in [0.5, 0.6) is 5.88 Å². The van der Waals surface area contributed by atoms with Crippen molar-refractivity contribution in [2.24, 2.45) is 10.4 Å². The molecular formula is C20H36N4O2. The highest BCUT2D eigenvalue weighted by Crippen LogP contribution is 2.29. The SMILES string of the molecule is CCCOc1ccc(CN=C(NCC)NCC(CC)(CC)CCO)cn1. The summed E-state index contributed by atoms with van der Waals surface area (Å²) in [7, 11) is 0. The molecule has 0 fully saturated rings. The Morgan fingerprint density at radius 3 is 2.50 bits per heavy atom. The summed E-state index contributed by atoms with van der Waals surface area (Å²) in [6, 6.07) is 3.89. The van der Waals surface area contributed by atoms with E-state index >= 15 is 0 Å². The molecule has 6 heteroatoms. The largest absolute Gasteiger partial charge is 0.478 e. The molecule has 26 heavy (non-hydrogen) atoms. The lowest BCUT2D eigenvalue weighted by molar-refractivity contribution is 0.169. The monoisotopic (exact) mass is 364 g/mol. The molecule has 0 bridgehead atoms. The van der Waals surface area contributed by atoms with Crippen LogP contribution in [0, 0.1) is 5.41 Å². The van der Waals surface area contributed by atoms with Crippen molar-refractivity contribution < 1.29 is 9.84 Å². The first-order valence-electron chi connectivity index (χ1n) is 9.83. The maximum Gasteiger partial charge on any atom is 0.213 e. The number of guanidine groups is 1.